The van der Waals surface area contributed by atoms with E-state index in [1.54, 1.807) is 0 Å². The van der Waals surface area contributed by atoms with Gasteiger partial charge in [-0.3, -0.25) is 14.3 Å². The molecular weight excluding hydrogens is 460 g/mol. The lowest BCUT2D eigenvalue weighted by Crippen LogP contribution is -2.48. The van der Waals surface area contributed by atoms with Crippen LogP contribution in [0.25, 0.3) is 16.9 Å². The van der Waals surface area contributed by atoms with Crippen LogP contribution in [0.15, 0.2) is 47.5 Å². The van der Waals surface area contributed by atoms with Crippen molar-refractivity contribution in [2.24, 2.45) is 7.05 Å². The Kier molecular flexibility index (Phi) is 6.58. The van der Waals surface area contributed by atoms with Crippen molar-refractivity contribution in [3.05, 3.63) is 64.2 Å². The smallest absolute Gasteiger partial charge is 0.362 e. The van der Waals surface area contributed by atoms with Gasteiger partial charge in [-0.05, 0) is 18.2 Å². The quantitative estimate of drug-likeness (QED) is 0.533. The fourth-order valence-corrected chi connectivity index (χ4v) is 2.80. The highest BCUT2D eigenvalue weighted by molar-refractivity contribution is 5.95. The number of nitrogens with zero attached hydrogens (tertiary/aromatic N) is 4. The molecular formula is C19H15F6N5O3. The van der Waals surface area contributed by atoms with Gasteiger partial charge < -0.3 is 10.4 Å². The third kappa shape index (κ3) is 5.22. The summed E-state index contributed by atoms with van der Waals surface area (Å²) < 4.78 is 79.5. The van der Waals surface area contributed by atoms with Crippen molar-refractivity contribution < 1.29 is 36.2 Å². The average Bonchev–Trinajstić information content (AvgIpc) is 3.17. The molecule has 14 heteroatoms. The van der Waals surface area contributed by atoms with Gasteiger partial charge in [0.15, 0.2) is 0 Å². The fraction of sp³-hybridized carbons (Fsp3) is 0.263. The zero-order valence-electron chi connectivity index (χ0n) is 16.6. The van der Waals surface area contributed by atoms with Gasteiger partial charge in [0.25, 0.3) is 17.9 Å². The molecule has 1 aromatic carbocycles. The molecule has 33 heavy (non-hydrogen) atoms. The van der Waals surface area contributed by atoms with E-state index in [1.807, 2.05) is 0 Å². The first-order valence-corrected chi connectivity index (χ1v) is 9.10. The van der Waals surface area contributed by atoms with E-state index < -0.39 is 47.6 Å². The van der Waals surface area contributed by atoms with Crippen LogP contribution in [-0.4, -0.2) is 49.4 Å². The maximum atomic E-state index is 13.1. The molecule has 0 saturated heterocycles. The summed E-state index contributed by atoms with van der Waals surface area (Å²) in [5, 5.41) is 18.3. The van der Waals surface area contributed by atoms with Gasteiger partial charge in [0.2, 0.25) is 6.36 Å². The first kappa shape index (κ1) is 24.0. The predicted molar refractivity (Wildman–Crippen MR) is 101 cm³/mol. The summed E-state index contributed by atoms with van der Waals surface area (Å²) in [6.45, 7) is 0. The number of alkyl halides is 6. The first-order valence-electron chi connectivity index (χ1n) is 9.10. The minimum absolute atomic E-state index is 0.0567. The van der Waals surface area contributed by atoms with E-state index in [2.05, 4.69) is 10.2 Å². The summed E-state index contributed by atoms with van der Waals surface area (Å²) in [7, 11) is 1.51. The highest BCUT2D eigenvalue weighted by Crippen LogP contribution is 2.30. The zero-order chi connectivity index (χ0) is 24.5. The van der Waals surface area contributed by atoms with Crippen molar-refractivity contribution in [1.82, 2.24) is 24.9 Å². The van der Waals surface area contributed by atoms with Crippen LogP contribution in [0.3, 0.4) is 0 Å². The molecule has 2 unspecified atom stereocenters. The Morgan fingerprint density at radius 3 is 2.27 bits per heavy atom. The number of rotatable bonds is 6. The molecule has 0 saturated carbocycles. The number of aryl methyl sites for hydroxylation is 1. The summed E-state index contributed by atoms with van der Waals surface area (Å²) in [5.41, 5.74) is -2.87. The summed E-state index contributed by atoms with van der Waals surface area (Å²) in [6.07, 6.45) is -8.69. The molecule has 2 atom stereocenters. The highest BCUT2D eigenvalue weighted by atomic mass is 19.4. The second-order valence-corrected chi connectivity index (χ2v) is 6.81. The Morgan fingerprint density at radius 2 is 1.79 bits per heavy atom. The number of halogens is 6. The number of aliphatic hydroxyl groups is 1. The van der Waals surface area contributed by atoms with E-state index in [1.165, 1.54) is 29.4 Å². The number of hydrogen-bond donors (Lipinski definition) is 2. The lowest BCUT2D eigenvalue weighted by atomic mass is 10.1. The Balaban J connectivity index is 2.13. The zero-order valence-corrected chi connectivity index (χ0v) is 16.6. The summed E-state index contributed by atoms with van der Waals surface area (Å²) >= 11 is 0. The Morgan fingerprint density at radius 1 is 1.15 bits per heavy atom. The molecule has 0 spiro atoms. The van der Waals surface area contributed by atoms with Crippen molar-refractivity contribution in [2.45, 2.75) is 25.0 Å². The molecule has 2 heterocycles. The second-order valence-electron chi connectivity index (χ2n) is 6.81. The normalized spacial score (nSPS) is 13.7. The number of carbonyl (C=O) groups excluding carboxylic acids is 1. The minimum Gasteiger partial charge on any atom is -0.362 e. The predicted octanol–water partition coefficient (Wildman–Crippen LogP) is 2.30. The lowest BCUT2D eigenvalue weighted by molar-refractivity contribution is -0.137. The number of hydrogen-bond acceptors (Lipinski definition) is 5. The fourth-order valence-electron chi connectivity index (χ4n) is 2.80. The number of aromatic nitrogens is 4. The summed E-state index contributed by atoms with van der Waals surface area (Å²) in [6, 6.07) is 1.83. The molecule has 176 valence electrons. The molecule has 3 aromatic rings. The molecule has 0 fully saturated rings. The molecule has 0 radical (unpaired) electrons. The van der Waals surface area contributed by atoms with Crippen LogP contribution in [-0.2, 0) is 13.2 Å². The van der Waals surface area contributed by atoms with Gasteiger partial charge >= 0.3 is 6.18 Å². The van der Waals surface area contributed by atoms with E-state index in [9.17, 15) is 35.9 Å². The van der Waals surface area contributed by atoms with Crippen LogP contribution in [0.5, 0.6) is 0 Å². The number of nitrogens with one attached hydrogen (secondary N) is 1. The standard InChI is InChI=1S/C19H15F6N5O3/c1-29-8-11(7-26-29)30-18(33)12(17(32)27-14(15(20)21)16(22)31)6-13(28-30)9-2-4-10(5-3-9)19(23,24)25/h2-8,14-16,31H,1H3,(H,27,32). The van der Waals surface area contributed by atoms with Gasteiger partial charge in [-0.15, -0.1) is 0 Å². The maximum Gasteiger partial charge on any atom is 0.416 e. The molecule has 0 bridgehead atoms. The van der Waals surface area contributed by atoms with E-state index in [4.69, 9.17) is 5.11 Å². The summed E-state index contributed by atoms with van der Waals surface area (Å²) in [4.78, 5) is 25.3. The molecule has 0 aliphatic rings. The number of amides is 1. The third-order valence-electron chi connectivity index (χ3n) is 4.47. The molecule has 2 aromatic heterocycles. The SMILES string of the molecule is Cn1cc(-n2nc(-c3ccc(C(F)(F)F)cc3)cc(C(=O)NC(C(O)F)C(F)F)c2=O)cn1. The molecule has 0 aliphatic heterocycles. The largest absolute Gasteiger partial charge is 0.416 e. The molecule has 3 rings (SSSR count). The van der Waals surface area contributed by atoms with E-state index in [-0.39, 0.29) is 16.9 Å². The first-order chi connectivity index (χ1) is 15.4. The maximum absolute atomic E-state index is 13.1. The van der Waals surface area contributed by atoms with Gasteiger partial charge in [-0.25, -0.2) is 13.2 Å². The average molecular weight is 475 g/mol. The van der Waals surface area contributed by atoms with Crippen LogP contribution < -0.4 is 10.9 Å². The monoisotopic (exact) mass is 475 g/mol. The van der Waals surface area contributed by atoms with Gasteiger partial charge in [0.1, 0.15) is 17.3 Å². The Hall–Kier alpha value is -3.68. The van der Waals surface area contributed by atoms with Crippen molar-refractivity contribution in [3.8, 4) is 16.9 Å². The minimum atomic E-state index is -4.61. The Bertz CT molecular complexity index is 1200. The molecule has 8 nitrogen and oxygen atoms in total. The van der Waals surface area contributed by atoms with E-state index >= 15 is 0 Å². The van der Waals surface area contributed by atoms with Crippen LogP contribution in [0.4, 0.5) is 26.3 Å². The Labute approximate surface area is 181 Å². The van der Waals surface area contributed by atoms with Gasteiger partial charge in [0, 0.05) is 12.6 Å². The van der Waals surface area contributed by atoms with E-state index in [0.29, 0.717) is 4.68 Å². The van der Waals surface area contributed by atoms with Gasteiger partial charge in [-0.2, -0.15) is 28.1 Å². The van der Waals surface area contributed by atoms with Crippen LogP contribution in [0.2, 0.25) is 0 Å². The number of aliphatic hydroxyl groups excluding tert-OH is 1. The second kappa shape index (κ2) is 9.05. The van der Waals surface area contributed by atoms with Crippen LogP contribution >= 0.6 is 0 Å². The van der Waals surface area contributed by atoms with Gasteiger partial charge in [-0.1, -0.05) is 12.1 Å². The molecule has 0 aliphatic carbocycles. The van der Waals surface area contributed by atoms with Crippen molar-refractivity contribution >= 4 is 5.91 Å². The highest BCUT2D eigenvalue weighted by Gasteiger charge is 2.32. The third-order valence-corrected chi connectivity index (χ3v) is 4.47. The van der Waals surface area contributed by atoms with Crippen molar-refractivity contribution in [2.75, 3.05) is 0 Å². The lowest BCUT2D eigenvalue weighted by Gasteiger charge is -2.18. The summed E-state index contributed by atoms with van der Waals surface area (Å²) in [5.74, 6) is -1.45. The van der Waals surface area contributed by atoms with Crippen molar-refractivity contribution in [1.29, 1.82) is 0 Å². The van der Waals surface area contributed by atoms with Crippen LogP contribution in [0, 0.1) is 0 Å². The van der Waals surface area contributed by atoms with Crippen LogP contribution in [0.1, 0.15) is 15.9 Å². The number of benzene rings is 1. The topological polar surface area (TPSA) is 102 Å². The van der Waals surface area contributed by atoms with Gasteiger partial charge in [0.05, 0.1) is 23.7 Å². The van der Waals surface area contributed by atoms with Crippen molar-refractivity contribution in [3.63, 3.8) is 0 Å². The molecule has 2 N–H and O–H groups in total. The molecule has 1 amide bonds. The number of carbonyl (C=O) groups is 1. The van der Waals surface area contributed by atoms with E-state index in [0.717, 1.165) is 30.3 Å².